The van der Waals surface area contributed by atoms with Gasteiger partial charge in [-0.05, 0) is 49.4 Å². The van der Waals surface area contributed by atoms with Crippen molar-refractivity contribution in [2.24, 2.45) is 0 Å². The summed E-state index contributed by atoms with van der Waals surface area (Å²) in [6.07, 6.45) is 3.07. The highest BCUT2D eigenvalue weighted by atomic mass is 16.4. The lowest BCUT2D eigenvalue weighted by Gasteiger charge is -2.42. The molecule has 31 heavy (non-hydrogen) atoms. The summed E-state index contributed by atoms with van der Waals surface area (Å²) in [5.74, 6) is -0.100. The smallest absolute Gasteiger partial charge is 0.405 e. The Kier molecular flexibility index (Phi) is 8.32. The van der Waals surface area contributed by atoms with Gasteiger partial charge in [0.05, 0.1) is 0 Å². The lowest BCUT2D eigenvalue weighted by Crippen LogP contribution is -2.55. The molecule has 0 unspecified atom stereocenters. The van der Waals surface area contributed by atoms with E-state index >= 15 is 0 Å². The zero-order valence-corrected chi connectivity index (χ0v) is 19.3. The predicted molar refractivity (Wildman–Crippen MR) is 123 cm³/mol. The standard InChI is InChI=1S/C24H38N4O3/c1-4-19-7-6-18(16-20(19)5-2)17-22(25-24(30)31)23(29)28-10-8-21(9-11-28)27-14-12-26(3)13-15-27/h6-7,16,21-22,25H,4-5,8-15,17H2,1-3H3,(H,30,31)/t22-/m1/s1. The first-order valence-electron chi connectivity index (χ1n) is 11.7. The largest absolute Gasteiger partial charge is 0.465 e. The third-order valence-corrected chi connectivity index (χ3v) is 6.90. The van der Waals surface area contributed by atoms with Crippen LogP contribution in [0.4, 0.5) is 4.79 Å². The molecule has 2 aliphatic rings. The van der Waals surface area contributed by atoms with E-state index in [0.29, 0.717) is 25.6 Å². The van der Waals surface area contributed by atoms with Crippen LogP contribution in [0.25, 0.3) is 0 Å². The van der Waals surface area contributed by atoms with Crippen LogP contribution in [0.2, 0.25) is 0 Å². The fourth-order valence-corrected chi connectivity index (χ4v) is 4.92. The van der Waals surface area contributed by atoms with Crippen LogP contribution in [0.5, 0.6) is 0 Å². The number of hydrogen-bond donors (Lipinski definition) is 2. The number of piperazine rings is 1. The van der Waals surface area contributed by atoms with Gasteiger partial charge in [-0.15, -0.1) is 0 Å². The summed E-state index contributed by atoms with van der Waals surface area (Å²) < 4.78 is 0. The molecule has 0 spiro atoms. The van der Waals surface area contributed by atoms with Crippen LogP contribution < -0.4 is 5.32 Å². The lowest BCUT2D eigenvalue weighted by molar-refractivity contribution is -0.135. The SMILES string of the molecule is CCc1ccc(C[C@@H](NC(=O)O)C(=O)N2CCC(N3CCN(C)CC3)CC2)cc1CC. The molecular weight excluding hydrogens is 392 g/mol. The summed E-state index contributed by atoms with van der Waals surface area (Å²) in [5.41, 5.74) is 3.59. The molecule has 2 fully saturated rings. The van der Waals surface area contributed by atoms with Crippen molar-refractivity contribution in [3.8, 4) is 0 Å². The summed E-state index contributed by atoms with van der Waals surface area (Å²) >= 11 is 0. The van der Waals surface area contributed by atoms with Gasteiger partial charge < -0.3 is 20.2 Å². The Morgan fingerprint density at radius 3 is 2.26 bits per heavy atom. The summed E-state index contributed by atoms with van der Waals surface area (Å²) in [5, 5.41) is 11.8. The lowest BCUT2D eigenvalue weighted by atomic mass is 9.96. The number of carboxylic acid groups (broad SMARTS) is 1. The molecule has 2 saturated heterocycles. The monoisotopic (exact) mass is 430 g/mol. The second-order valence-corrected chi connectivity index (χ2v) is 8.91. The Balaban J connectivity index is 1.62. The Bertz CT molecular complexity index is 753. The molecule has 1 aromatic carbocycles. The number of nitrogens with one attached hydrogen (secondary N) is 1. The van der Waals surface area contributed by atoms with Crippen LogP contribution in [0.3, 0.4) is 0 Å². The summed E-state index contributed by atoms with van der Waals surface area (Å²) in [6.45, 7) is 10.0. The second kappa shape index (κ2) is 11.0. The zero-order chi connectivity index (χ0) is 22.4. The first-order chi connectivity index (χ1) is 14.9. The molecule has 1 atom stereocenters. The van der Waals surface area contributed by atoms with E-state index in [2.05, 4.69) is 48.1 Å². The molecule has 7 heteroatoms. The number of piperidine rings is 1. The van der Waals surface area contributed by atoms with Crippen molar-refractivity contribution in [2.75, 3.05) is 46.3 Å². The minimum atomic E-state index is -1.15. The molecule has 1 aromatic rings. The van der Waals surface area contributed by atoms with Gasteiger partial charge in [-0.2, -0.15) is 0 Å². The number of likely N-dealkylation sites (N-methyl/N-ethyl adjacent to an activating group) is 1. The van der Waals surface area contributed by atoms with Gasteiger partial charge in [0.25, 0.3) is 0 Å². The fraction of sp³-hybridized carbons (Fsp3) is 0.667. The van der Waals surface area contributed by atoms with E-state index < -0.39 is 12.1 Å². The average molecular weight is 431 g/mol. The normalized spacial score (nSPS) is 19.9. The summed E-state index contributed by atoms with van der Waals surface area (Å²) in [7, 11) is 2.16. The van der Waals surface area contributed by atoms with Crippen LogP contribution in [0.15, 0.2) is 18.2 Å². The Hall–Kier alpha value is -2.12. The van der Waals surface area contributed by atoms with Crippen molar-refractivity contribution in [1.82, 2.24) is 20.0 Å². The maximum Gasteiger partial charge on any atom is 0.405 e. The first kappa shape index (κ1) is 23.5. The number of carbonyl (C=O) groups is 2. The minimum absolute atomic E-state index is 0.100. The zero-order valence-electron chi connectivity index (χ0n) is 19.3. The van der Waals surface area contributed by atoms with E-state index in [0.717, 1.165) is 57.4 Å². The third kappa shape index (κ3) is 6.20. The van der Waals surface area contributed by atoms with Crippen LogP contribution >= 0.6 is 0 Å². The van der Waals surface area contributed by atoms with Crippen LogP contribution in [-0.2, 0) is 24.1 Å². The van der Waals surface area contributed by atoms with Crippen molar-refractivity contribution in [3.05, 3.63) is 34.9 Å². The highest BCUT2D eigenvalue weighted by Gasteiger charge is 2.32. The number of hydrogen-bond acceptors (Lipinski definition) is 4. The molecule has 2 amide bonds. The number of nitrogens with zero attached hydrogens (tertiary/aromatic N) is 3. The van der Waals surface area contributed by atoms with E-state index in [4.69, 9.17) is 0 Å². The molecule has 0 saturated carbocycles. The van der Waals surface area contributed by atoms with Gasteiger partial charge in [0.2, 0.25) is 5.91 Å². The maximum absolute atomic E-state index is 13.2. The number of benzene rings is 1. The Morgan fingerprint density at radius 2 is 1.68 bits per heavy atom. The molecule has 3 rings (SSSR count). The molecule has 7 nitrogen and oxygen atoms in total. The summed E-state index contributed by atoms with van der Waals surface area (Å²) in [6, 6.07) is 6.05. The van der Waals surface area contributed by atoms with Gasteiger partial charge in [0.1, 0.15) is 6.04 Å². The van der Waals surface area contributed by atoms with Gasteiger partial charge in [0, 0.05) is 51.7 Å². The molecule has 172 valence electrons. The van der Waals surface area contributed by atoms with Crippen LogP contribution in [0, 0.1) is 0 Å². The molecular formula is C24H38N4O3. The van der Waals surface area contributed by atoms with Crippen LogP contribution in [-0.4, -0.2) is 90.2 Å². The van der Waals surface area contributed by atoms with Gasteiger partial charge in [0.15, 0.2) is 0 Å². The van der Waals surface area contributed by atoms with E-state index in [1.807, 2.05) is 11.0 Å². The van der Waals surface area contributed by atoms with Gasteiger partial charge in [-0.3, -0.25) is 9.69 Å². The van der Waals surface area contributed by atoms with E-state index in [1.54, 1.807) is 0 Å². The second-order valence-electron chi connectivity index (χ2n) is 8.91. The highest BCUT2D eigenvalue weighted by molar-refractivity contribution is 5.85. The molecule has 0 bridgehead atoms. The van der Waals surface area contributed by atoms with E-state index in [-0.39, 0.29) is 5.91 Å². The van der Waals surface area contributed by atoms with Crippen molar-refractivity contribution in [1.29, 1.82) is 0 Å². The first-order valence-corrected chi connectivity index (χ1v) is 11.7. The molecule has 0 radical (unpaired) electrons. The number of likely N-dealkylation sites (tertiary alicyclic amines) is 1. The van der Waals surface area contributed by atoms with Crippen LogP contribution in [0.1, 0.15) is 43.4 Å². The Labute approximate surface area is 186 Å². The Morgan fingerprint density at radius 1 is 1.03 bits per heavy atom. The molecule has 2 N–H and O–H groups in total. The fourth-order valence-electron chi connectivity index (χ4n) is 4.92. The number of aryl methyl sites for hydroxylation is 2. The molecule has 2 aliphatic heterocycles. The topological polar surface area (TPSA) is 76.1 Å². The van der Waals surface area contributed by atoms with Crippen molar-refractivity contribution in [2.45, 2.75) is 58.0 Å². The van der Waals surface area contributed by atoms with Crippen molar-refractivity contribution < 1.29 is 14.7 Å². The quantitative estimate of drug-likeness (QED) is 0.694. The van der Waals surface area contributed by atoms with Crippen molar-refractivity contribution >= 4 is 12.0 Å². The van der Waals surface area contributed by atoms with Gasteiger partial charge in [-0.1, -0.05) is 32.0 Å². The van der Waals surface area contributed by atoms with E-state index in [1.165, 1.54) is 11.1 Å². The highest BCUT2D eigenvalue weighted by Crippen LogP contribution is 2.20. The van der Waals surface area contributed by atoms with Gasteiger partial charge >= 0.3 is 6.09 Å². The molecule has 2 heterocycles. The minimum Gasteiger partial charge on any atom is -0.465 e. The number of amides is 2. The molecule has 0 aromatic heterocycles. The number of rotatable bonds is 7. The van der Waals surface area contributed by atoms with Gasteiger partial charge in [-0.25, -0.2) is 4.79 Å². The average Bonchev–Trinajstić information content (AvgIpc) is 2.78. The molecule has 0 aliphatic carbocycles. The number of carbonyl (C=O) groups excluding carboxylic acids is 1. The summed E-state index contributed by atoms with van der Waals surface area (Å²) in [4.78, 5) is 31.4. The predicted octanol–water partition coefficient (Wildman–Crippen LogP) is 2.23. The third-order valence-electron chi connectivity index (χ3n) is 6.90. The van der Waals surface area contributed by atoms with Crippen molar-refractivity contribution in [3.63, 3.8) is 0 Å². The van der Waals surface area contributed by atoms with E-state index in [9.17, 15) is 14.7 Å². The maximum atomic E-state index is 13.2.